The van der Waals surface area contributed by atoms with Crippen LogP contribution in [0.2, 0.25) is 0 Å². The normalized spacial score (nSPS) is 12.7. The van der Waals surface area contributed by atoms with E-state index < -0.39 is 0 Å². The number of aryl methyl sites for hydroxylation is 3. The summed E-state index contributed by atoms with van der Waals surface area (Å²) in [5.74, 6) is 2.56. The molecule has 0 bridgehead atoms. The monoisotopic (exact) mass is 372 g/mol. The van der Waals surface area contributed by atoms with Crippen molar-refractivity contribution in [2.24, 2.45) is 4.99 Å². The Morgan fingerprint density at radius 1 is 1.15 bits per heavy atom. The van der Waals surface area contributed by atoms with Crippen LogP contribution in [-0.2, 0) is 19.4 Å². The Labute approximate surface area is 162 Å². The molecule has 6 nitrogen and oxygen atoms in total. The molecule has 6 heteroatoms. The van der Waals surface area contributed by atoms with E-state index in [1.165, 1.54) is 5.56 Å². The van der Waals surface area contributed by atoms with Gasteiger partial charge in [-0.25, -0.2) is 4.99 Å². The first-order chi connectivity index (χ1) is 13.1. The smallest absolute Gasteiger partial charge is 0.191 e. The second-order valence-electron chi connectivity index (χ2n) is 6.56. The van der Waals surface area contributed by atoms with Crippen molar-refractivity contribution >= 4 is 5.96 Å². The van der Waals surface area contributed by atoms with E-state index in [2.05, 4.69) is 55.6 Å². The van der Waals surface area contributed by atoms with E-state index in [0.29, 0.717) is 13.1 Å². The molecule has 0 spiro atoms. The number of hydrogen-bond acceptors (Lipinski definition) is 4. The highest BCUT2D eigenvalue weighted by atomic mass is 16.5. The number of aromatic nitrogens is 1. The van der Waals surface area contributed by atoms with E-state index in [0.717, 1.165) is 48.1 Å². The number of rotatable bonds is 9. The van der Waals surface area contributed by atoms with Crippen LogP contribution in [0.5, 0.6) is 5.75 Å². The first kappa shape index (κ1) is 20.8. The largest absolute Gasteiger partial charge is 0.489 e. The minimum Gasteiger partial charge on any atom is -0.489 e. The summed E-state index contributed by atoms with van der Waals surface area (Å²) < 4.78 is 11.4. The van der Waals surface area contributed by atoms with Crippen molar-refractivity contribution in [1.29, 1.82) is 0 Å². The van der Waals surface area contributed by atoms with Gasteiger partial charge in [0.2, 0.25) is 0 Å². The molecular weight excluding hydrogens is 340 g/mol. The molecule has 0 saturated carbocycles. The van der Waals surface area contributed by atoms with Crippen LogP contribution in [0.1, 0.15) is 50.3 Å². The average molecular weight is 373 g/mol. The maximum atomic E-state index is 5.95. The molecule has 1 aromatic carbocycles. The van der Waals surface area contributed by atoms with Crippen molar-refractivity contribution < 1.29 is 9.26 Å². The predicted octanol–water partition coefficient (Wildman–Crippen LogP) is 3.63. The highest BCUT2D eigenvalue weighted by Crippen LogP contribution is 2.17. The van der Waals surface area contributed by atoms with E-state index >= 15 is 0 Å². The van der Waals surface area contributed by atoms with Gasteiger partial charge in [0.25, 0.3) is 0 Å². The van der Waals surface area contributed by atoms with E-state index in [1.54, 1.807) is 0 Å². The Bertz CT molecular complexity index is 701. The molecule has 0 amide bonds. The minimum absolute atomic E-state index is 0.0181. The molecule has 1 atom stereocenters. The lowest BCUT2D eigenvalue weighted by molar-refractivity contribution is 0.224. The maximum absolute atomic E-state index is 5.95. The molecular formula is C21H32N4O2. The van der Waals surface area contributed by atoms with Gasteiger partial charge in [0.05, 0.1) is 18.8 Å². The number of nitrogens with one attached hydrogen (secondary N) is 2. The SMILES string of the molecule is CCNC(=NCc1c(CC)noc1CC)NCC(C)Oc1ccc(C)cc1. The first-order valence-corrected chi connectivity index (χ1v) is 9.79. The lowest BCUT2D eigenvalue weighted by Crippen LogP contribution is -2.41. The van der Waals surface area contributed by atoms with E-state index in [1.807, 2.05) is 19.1 Å². The summed E-state index contributed by atoms with van der Waals surface area (Å²) in [6.45, 7) is 12.3. The minimum atomic E-state index is 0.0181. The van der Waals surface area contributed by atoms with Crippen LogP contribution in [0.15, 0.2) is 33.8 Å². The first-order valence-electron chi connectivity index (χ1n) is 9.79. The molecule has 2 aromatic rings. The predicted molar refractivity (Wildman–Crippen MR) is 109 cm³/mol. The van der Waals surface area contributed by atoms with E-state index in [4.69, 9.17) is 14.3 Å². The molecule has 2 rings (SSSR count). The molecule has 148 valence electrons. The molecule has 0 radical (unpaired) electrons. The van der Waals surface area contributed by atoms with Crippen molar-refractivity contribution in [1.82, 2.24) is 15.8 Å². The Morgan fingerprint density at radius 2 is 1.89 bits per heavy atom. The van der Waals surface area contributed by atoms with Crippen molar-refractivity contribution in [3.05, 3.63) is 46.8 Å². The highest BCUT2D eigenvalue weighted by Gasteiger charge is 2.13. The van der Waals surface area contributed by atoms with Gasteiger partial charge >= 0.3 is 0 Å². The zero-order valence-corrected chi connectivity index (χ0v) is 17.1. The average Bonchev–Trinajstić information content (AvgIpc) is 3.07. The quantitative estimate of drug-likeness (QED) is 0.519. The summed E-state index contributed by atoms with van der Waals surface area (Å²) in [5.41, 5.74) is 3.31. The zero-order valence-electron chi connectivity index (χ0n) is 17.1. The van der Waals surface area contributed by atoms with Gasteiger partial charge in [-0.2, -0.15) is 0 Å². The molecule has 1 heterocycles. The molecule has 0 aliphatic carbocycles. The highest BCUT2D eigenvalue weighted by molar-refractivity contribution is 5.79. The third-order valence-electron chi connectivity index (χ3n) is 4.26. The number of hydrogen-bond donors (Lipinski definition) is 2. The third kappa shape index (κ3) is 6.31. The second kappa shape index (κ2) is 10.6. The Hall–Kier alpha value is -2.50. The van der Waals surface area contributed by atoms with E-state index in [9.17, 15) is 0 Å². The van der Waals surface area contributed by atoms with Crippen LogP contribution in [0, 0.1) is 6.92 Å². The summed E-state index contributed by atoms with van der Waals surface area (Å²) in [7, 11) is 0. The van der Waals surface area contributed by atoms with Gasteiger partial charge in [-0.05, 0) is 39.3 Å². The summed E-state index contributed by atoms with van der Waals surface area (Å²) >= 11 is 0. The molecule has 27 heavy (non-hydrogen) atoms. The topological polar surface area (TPSA) is 71.7 Å². The van der Waals surface area contributed by atoms with Gasteiger partial charge in [-0.15, -0.1) is 0 Å². The molecule has 0 fully saturated rings. The fraction of sp³-hybridized carbons (Fsp3) is 0.524. The van der Waals surface area contributed by atoms with Gasteiger partial charge in [0, 0.05) is 18.5 Å². The Balaban J connectivity index is 1.95. The summed E-state index contributed by atoms with van der Waals surface area (Å²) in [4.78, 5) is 4.70. The fourth-order valence-electron chi connectivity index (χ4n) is 2.75. The zero-order chi connectivity index (χ0) is 19.6. The molecule has 0 aliphatic heterocycles. The number of aliphatic imine (C=N–C) groups is 1. The van der Waals surface area contributed by atoms with Crippen LogP contribution < -0.4 is 15.4 Å². The van der Waals surface area contributed by atoms with Gasteiger partial charge in [0.15, 0.2) is 5.96 Å². The Morgan fingerprint density at radius 3 is 2.52 bits per heavy atom. The maximum Gasteiger partial charge on any atom is 0.191 e. The van der Waals surface area contributed by atoms with Crippen molar-refractivity contribution in [3.63, 3.8) is 0 Å². The van der Waals surface area contributed by atoms with Crippen LogP contribution in [-0.4, -0.2) is 30.3 Å². The molecule has 0 aliphatic rings. The number of nitrogens with zero attached hydrogens (tertiary/aromatic N) is 2. The summed E-state index contributed by atoms with van der Waals surface area (Å²) in [6, 6.07) is 8.10. The number of guanidine groups is 1. The van der Waals surface area contributed by atoms with Crippen molar-refractivity contribution in [2.45, 2.75) is 60.1 Å². The Kier molecular flexibility index (Phi) is 8.17. The fourth-order valence-corrected chi connectivity index (χ4v) is 2.75. The van der Waals surface area contributed by atoms with Crippen LogP contribution in [0.4, 0.5) is 0 Å². The molecule has 1 aromatic heterocycles. The van der Waals surface area contributed by atoms with Crippen LogP contribution >= 0.6 is 0 Å². The summed E-state index contributed by atoms with van der Waals surface area (Å²) in [5, 5.41) is 10.8. The van der Waals surface area contributed by atoms with Crippen molar-refractivity contribution in [3.8, 4) is 5.75 Å². The number of ether oxygens (including phenoxy) is 1. The van der Waals surface area contributed by atoms with Gasteiger partial charge in [-0.3, -0.25) is 0 Å². The van der Waals surface area contributed by atoms with Crippen molar-refractivity contribution in [2.75, 3.05) is 13.1 Å². The van der Waals surface area contributed by atoms with Gasteiger partial charge in [0.1, 0.15) is 17.6 Å². The molecule has 2 N–H and O–H groups in total. The summed E-state index contributed by atoms with van der Waals surface area (Å²) in [6.07, 6.45) is 1.69. The number of benzene rings is 1. The van der Waals surface area contributed by atoms with Gasteiger partial charge < -0.3 is 19.9 Å². The second-order valence-corrected chi connectivity index (χ2v) is 6.56. The molecule has 1 unspecified atom stereocenters. The van der Waals surface area contributed by atoms with Gasteiger partial charge in [-0.1, -0.05) is 36.7 Å². The lowest BCUT2D eigenvalue weighted by atomic mass is 10.1. The standard InChI is InChI=1S/C21H32N4O2/c1-6-19-18(20(7-2)27-25-19)14-24-21(22-8-3)23-13-16(5)26-17-11-9-15(4)10-12-17/h9-12,16H,6-8,13-14H2,1-5H3,(H2,22,23,24). The molecule has 0 saturated heterocycles. The third-order valence-corrected chi connectivity index (χ3v) is 4.26. The van der Waals surface area contributed by atoms with Crippen LogP contribution in [0.25, 0.3) is 0 Å². The lowest BCUT2D eigenvalue weighted by Gasteiger charge is -2.18. The van der Waals surface area contributed by atoms with Crippen LogP contribution in [0.3, 0.4) is 0 Å². The van der Waals surface area contributed by atoms with E-state index in [-0.39, 0.29) is 6.10 Å².